The second-order valence-electron chi connectivity index (χ2n) is 9.33. The summed E-state index contributed by atoms with van der Waals surface area (Å²) in [5.74, 6) is -1.36. The molecule has 0 fully saturated rings. The number of carbonyl (C=O) groups excluding carboxylic acids is 2. The van der Waals surface area contributed by atoms with Crippen LogP contribution in [-0.4, -0.2) is 42.6 Å². The first-order valence-corrected chi connectivity index (χ1v) is 9.47. The third-order valence-electron chi connectivity index (χ3n) is 3.41. The van der Waals surface area contributed by atoms with E-state index in [0.29, 0.717) is 5.56 Å². The maximum Gasteiger partial charge on any atom is 0.513 e. The van der Waals surface area contributed by atoms with E-state index in [1.54, 1.807) is 0 Å². The highest BCUT2D eigenvalue weighted by Crippen LogP contribution is 2.30. The number of nitrogens with two attached hydrogens (primary N) is 1. The van der Waals surface area contributed by atoms with Gasteiger partial charge in [-0.25, -0.2) is 9.59 Å². The Labute approximate surface area is 176 Å². The molecular formula is C21H31NO8. The zero-order valence-electron chi connectivity index (χ0n) is 18.3. The summed E-state index contributed by atoms with van der Waals surface area (Å²) in [5.41, 5.74) is 5.50. The van der Waals surface area contributed by atoms with Gasteiger partial charge in [-0.05, 0) is 34.9 Å². The standard InChI is InChI=1S/C21H31NO8/c1-20(2,3)11-27-18(25)29-15-8-7-13(9-14(22)17(23)24)10-16(15)30-19(26)28-12-21(4,5)6/h7-8,10,14H,9,11-12,22H2,1-6H3,(H,23,24)/t14-/m0/s1. The van der Waals surface area contributed by atoms with Crippen LogP contribution < -0.4 is 15.2 Å². The van der Waals surface area contributed by atoms with E-state index < -0.39 is 24.3 Å². The zero-order chi connectivity index (χ0) is 23.1. The van der Waals surface area contributed by atoms with Gasteiger partial charge in [0.05, 0.1) is 13.2 Å². The van der Waals surface area contributed by atoms with Crippen LogP contribution in [-0.2, 0) is 20.7 Å². The largest absolute Gasteiger partial charge is 0.513 e. The number of benzene rings is 1. The molecule has 0 aliphatic carbocycles. The first-order valence-electron chi connectivity index (χ1n) is 9.47. The van der Waals surface area contributed by atoms with E-state index >= 15 is 0 Å². The van der Waals surface area contributed by atoms with Crippen LogP contribution in [0.2, 0.25) is 0 Å². The van der Waals surface area contributed by atoms with Crippen molar-refractivity contribution in [3.63, 3.8) is 0 Å². The zero-order valence-corrected chi connectivity index (χ0v) is 18.3. The second kappa shape index (κ2) is 10.3. The Balaban J connectivity index is 3.00. The summed E-state index contributed by atoms with van der Waals surface area (Å²) in [6, 6.07) is 3.11. The van der Waals surface area contributed by atoms with Gasteiger partial charge in [0.15, 0.2) is 11.5 Å². The van der Waals surface area contributed by atoms with E-state index in [0.717, 1.165) is 0 Å². The van der Waals surface area contributed by atoms with Crippen molar-refractivity contribution < 1.29 is 38.4 Å². The molecule has 1 atom stereocenters. The van der Waals surface area contributed by atoms with E-state index in [2.05, 4.69) is 0 Å². The first-order chi connectivity index (χ1) is 13.7. The van der Waals surface area contributed by atoms with Crippen LogP contribution in [0.3, 0.4) is 0 Å². The summed E-state index contributed by atoms with van der Waals surface area (Å²) < 4.78 is 20.5. The SMILES string of the molecule is CC(C)(C)COC(=O)Oc1ccc(C[C@H](N)C(=O)O)cc1OC(=O)OCC(C)(C)C. The minimum Gasteiger partial charge on any atom is -0.480 e. The lowest BCUT2D eigenvalue weighted by Crippen LogP contribution is -2.32. The average molecular weight is 425 g/mol. The lowest BCUT2D eigenvalue weighted by molar-refractivity contribution is -0.138. The van der Waals surface area contributed by atoms with Crippen molar-refractivity contribution in [3.05, 3.63) is 23.8 Å². The molecule has 0 amide bonds. The molecule has 0 spiro atoms. The van der Waals surface area contributed by atoms with Crippen molar-refractivity contribution in [1.82, 2.24) is 0 Å². The van der Waals surface area contributed by atoms with Crippen molar-refractivity contribution in [2.24, 2.45) is 16.6 Å². The fraction of sp³-hybridized carbons (Fsp3) is 0.571. The fourth-order valence-electron chi connectivity index (χ4n) is 1.97. The van der Waals surface area contributed by atoms with Crippen LogP contribution in [0.1, 0.15) is 47.1 Å². The second-order valence-corrected chi connectivity index (χ2v) is 9.33. The molecule has 0 aliphatic rings. The van der Waals surface area contributed by atoms with E-state index in [1.807, 2.05) is 41.5 Å². The Morgan fingerprint density at radius 1 is 0.900 bits per heavy atom. The molecule has 30 heavy (non-hydrogen) atoms. The summed E-state index contributed by atoms with van der Waals surface area (Å²) in [6.07, 6.45) is -1.97. The summed E-state index contributed by atoms with van der Waals surface area (Å²) in [6.45, 7) is 11.6. The number of aliphatic carboxylic acids is 1. The Kier molecular flexibility index (Phi) is 8.65. The molecule has 9 heteroatoms. The topological polar surface area (TPSA) is 134 Å². The van der Waals surface area contributed by atoms with Crippen molar-refractivity contribution in [1.29, 1.82) is 0 Å². The van der Waals surface area contributed by atoms with Gasteiger partial charge in [-0.2, -0.15) is 0 Å². The molecule has 1 aromatic carbocycles. The Bertz CT molecular complexity index is 761. The van der Waals surface area contributed by atoms with Gasteiger partial charge in [0, 0.05) is 0 Å². The predicted molar refractivity (Wildman–Crippen MR) is 109 cm³/mol. The smallest absolute Gasteiger partial charge is 0.480 e. The molecule has 9 nitrogen and oxygen atoms in total. The summed E-state index contributed by atoms with van der Waals surface area (Å²) in [5, 5.41) is 8.99. The molecule has 0 heterocycles. The molecule has 0 unspecified atom stereocenters. The molecule has 0 radical (unpaired) electrons. The highest BCUT2D eigenvalue weighted by Gasteiger charge is 2.21. The molecule has 1 rings (SSSR count). The lowest BCUT2D eigenvalue weighted by atomic mass is 9.99. The van der Waals surface area contributed by atoms with E-state index in [1.165, 1.54) is 18.2 Å². The maximum atomic E-state index is 12.1. The molecule has 3 N–H and O–H groups in total. The van der Waals surface area contributed by atoms with Gasteiger partial charge in [-0.3, -0.25) is 4.79 Å². The van der Waals surface area contributed by atoms with E-state index in [-0.39, 0.29) is 42.0 Å². The van der Waals surface area contributed by atoms with Gasteiger partial charge < -0.3 is 29.8 Å². The van der Waals surface area contributed by atoms with Crippen molar-refractivity contribution in [2.45, 2.75) is 54.0 Å². The first kappa shape index (κ1) is 25.2. The monoisotopic (exact) mass is 425 g/mol. The molecule has 0 aromatic heterocycles. The van der Waals surface area contributed by atoms with Crippen LogP contribution in [0.15, 0.2) is 18.2 Å². The van der Waals surface area contributed by atoms with Gasteiger partial charge >= 0.3 is 18.3 Å². The number of carboxylic acids is 1. The number of ether oxygens (including phenoxy) is 4. The molecule has 168 valence electrons. The van der Waals surface area contributed by atoms with Crippen LogP contribution >= 0.6 is 0 Å². The van der Waals surface area contributed by atoms with E-state index in [4.69, 9.17) is 29.8 Å². The average Bonchev–Trinajstić information content (AvgIpc) is 2.59. The predicted octanol–water partition coefficient (Wildman–Crippen LogP) is 3.76. The lowest BCUT2D eigenvalue weighted by Gasteiger charge is -2.19. The van der Waals surface area contributed by atoms with E-state index in [9.17, 15) is 14.4 Å². The highest BCUT2D eigenvalue weighted by molar-refractivity contribution is 5.74. The molecule has 0 bridgehead atoms. The van der Waals surface area contributed by atoms with Gasteiger partial charge in [0.2, 0.25) is 0 Å². The van der Waals surface area contributed by atoms with Crippen molar-refractivity contribution >= 4 is 18.3 Å². The Morgan fingerprint density at radius 2 is 1.37 bits per heavy atom. The number of hydrogen-bond donors (Lipinski definition) is 2. The summed E-state index contributed by atoms with van der Waals surface area (Å²) >= 11 is 0. The minimum absolute atomic E-state index is 0.0164. The van der Waals surface area contributed by atoms with Gasteiger partial charge in [-0.1, -0.05) is 47.6 Å². The quantitative estimate of drug-likeness (QED) is 0.494. The van der Waals surface area contributed by atoms with Crippen molar-refractivity contribution in [2.75, 3.05) is 13.2 Å². The molecule has 0 aliphatic heterocycles. The Morgan fingerprint density at radius 3 is 1.80 bits per heavy atom. The normalized spacial score (nSPS) is 12.6. The molecule has 0 saturated carbocycles. The number of carboxylic acid groups (broad SMARTS) is 1. The summed E-state index contributed by atoms with van der Waals surface area (Å²) in [7, 11) is 0. The maximum absolute atomic E-state index is 12.1. The Hall–Kier alpha value is -2.81. The van der Waals surface area contributed by atoms with Gasteiger partial charge in [0.25, 0.3) is 0 Å². The van der Waals surface area contributed by atoms with Crippen LogP contribution in [0, 0.1) is 10.8 Å². The minimum atomic E-state index is -1.17. The van der Waals surface area contributed by atoms with Crippen molar-refractivity contribution in [3.8, 4) is 11.5 Å². The molecular weight excluding hydrogens is 394 g/mol. The third kappa shape index (κ3) is 10.1. The van der Waals surface area contributed by atoms with Crippen LogP contribution in [0.5, 0.6) is 11.5 Å². The van der Waals surface area contributed by atoms with Gasteiger partial charge in [0.1, 0.15) is 6.04 Å². The number of hydrogen-bond acceptors (Lipinski definition) is 8. The molecule has 0 saturated heterocycles. The van der Waals surface area contributed by atoms with Crippen LogP contribution in [0.25, 0.3) is 0 Å². The van der Waals surface area contributed by atoms with Gasteiger partial charge in [-0.15, -0.1) is 0 Å². The fourth-order valence-corrected chi connectivity index (χ4v) is 1.97. The molecule has 1 aromatic rings. The number of rotatable bonds is 7. The third-order valence-corrected chi connectivity index (χ3v) is 3.41. The summed E-state index contributed by atoms with van der Waals surface area (Å²) in [4.78, 5) is 35.0. The van der Waals surface area contributed by atoms with Crippen LogP contribution in [0.4, 0.5) is 9.59 Å². The number of carbonyl (C=O) groups is 3. The highest BCUT2D eigenvalue weighted by atomic mass is 16.7.